The molecule has 0 N–H and O–H groups in total. The molecule has 0 aromatic rings. The molecule has 0 saturated carbocycles. The molecule has 0 spiro atoms. The third-order valence-electron chi connectivity index (χ3n) is 0.716. The van der Waals surface area contributed by atoms with Crippen LogP contribution in [0.15, 0.2) is 0 Å². The Morgan fingerprint density at radius 2 is 1.88 bits per heavy atom. The van der Waals surface area contributed by atoms with Crippen LogP contribution in [0.3, 0.4) is 0 Å². The smallest absolute Gasteiger partial charge is 0.171 e. The van der Waals surface area contributed by atoms with Crippen molar-refractivity contribution in [3.05, 3.63) is 0 Å². The second-order valence-electron chi connectivity index (χ2n) is 1.56. The quantitative estimate of drug-likeness (QED) is 0.515. The van der Waals surface area contributed by atoms with Gasteiger partial charge in [-0.3, -0.25) is 0 Å². The second-order valence-corrected chi connectivity index (χ2v) is 2.96. The van der Waals surface area contributed by atoms with Gasteiger partial charge < -0.3 is 0 Å². The topological polar surface area (TPSA) is 0 Å². The molecule has 0 saturated heterocycles. The van der Waals surface area contributed by atoms with E-state index in [1.165, 1.54) is 0 Å². The first-order valence-electron chi connectivity index (χ1n) is 2.41. The molecule has 0 nitrogen and oxygen atoms in total. The zero-order valence-corrected chi connectivity index (χ0v) is 5.78. The van der Waals surface area contributed by atoms with Crippen molar-refractivity contribution in [2.75, 3.05) is 0 Å². The average molecular weight is 141 g/mol. The van der Waals surface area contributed by atoms with E-state index in [2.05, 4.69) is 0 Å². The molecule has 0 aromatic heterocycles. The summed E-state index contributed by atoms with van der Waals surface area (Å²) in [5, 5.41) is 0. The van der Waals surface area contributed by atoms with Crippen LogP contribution in [-0.4, -0.2) is 15.7 Å². The first-order chi connectivity index (χ1) is 3.56. The highest BCUT2D eigenvalue weighted by molar-refractivity contribution is 6.33. The van der Waals surface area contributed by atoms with Crippen molar-refractivity contribution >= 4 is 9.52 Å². The Morgan fingerprint density at radius 3 is 2.00 bits per heavy atom. The Hall–Kier alpha value is 0.00688. The summed E-state index contributed by atoms with van der Waals surface area (Å²) in [6.07, 6.45) is -4.53. The van der Waals surface area contributed by atoms with Crippen molar-refractivity contribution in [1.29, 1.82) is 0 Å². The van der Waals surface area contributed by atoms with E-state index in [0.717, 1.165) is 0 Å². The van der Waals surface area contributed by atoms with Crippen molar-refractivity contribution in [3.63, 3.8) is 0 Å². The third-order valence-corrected chi connectivity index (χ3v) is 1.58. The highest BCUT2D eigenvalue weighted by Gasteiger charge is 2.25. The van der Waals surface area contributed by atoms with E-state index in [0.29, 0.717) is 6.04 Å². The highest BCUT2D eigenvalue weighted by Crippen LogP contribution is 2.20. The van der Waals surface area contributed by atoms with Gasteiger partial charge in [-0.05, 0) is 0 Å². The fourth-order valence-corrected chi connectivity index (χ4v) is 0.924. The molecule has 0 aliphatic carbocycles. The van der Waals surface area contributed by atoms with Gasteiger partial charge in [0.15, 0.2) is 0 Å². The minimum Gasteiger partial charge on any atom is -0.171 e. The van der Waals surface area contributed by atoms with E-state index in [9.17, 15) is 13.2 Å². The molecule has 0 heterocycles. The molecular formula is C4H8F3Si. The fourth-order valence-electron chi connectivity index (χ4n) is 0.308. The molecule has 0 aromatic carbocycles. The van der Waals surface area contributed by atoms with E-state index in [1.54, 1.807) is 0 Å². The van der Waals surface area contributed by atoms with Gasteiger partial charge in [-0.15, -0.1) is 0 Å². The summed E-state index contributed by atoms with van der Waals surface area (Å²) < 4.78 is 33.8. The summed E-state index contributed by atoms with van der Waals surface area (Å²) in [6, 6.07) is 0.337. The zero-order valence-electron chi connectivity index (χ0n) is 4.63. The van der Waals surface area contributed by atoms with Crippen LogP contribution in [0, 0.1) is 0 Å². The van der Waals surface area contributed by atoms with Crippen LogP contribution < -0.4 is 0 Å². The Morgan fingerprint density at radius 1 is 1.38 bits per heavy atom. The maximum absolute atomic E-state index is 11.3. The predicted molar refractivity (Wildman–Crippen MR) is 28.5 cm³/mol. The average Bonchev–Trinajstić information content (AvgIpc) is 1.59. The molecule has 8 heavy (non-hydrogen) atoms. The van der Waals surface area contributed by atoms with Crippen LogP contribution in [-0.2, 0) is 0 Å². The minimum atomic E-state index is -3.93. The van der Waals surface area contributed by atoms with Crippen molar-refractivity contribution in [3.8, 4) is 0 Å². The lowest BCUT2D eigenvalue weighted by Gasteiger charge is -2.01. The van der Waals surface area contributed by atoms with Crippen molar-refractivity contribution in [1.82, 2.24) is 0 Å². The lowest BCUT2D eigenvalue weighted by molar-refractivity contribution is -0.130. The van der Waals surface area contributed by atoms with Crippen LogP contribution >= 0.6 is 0 Å². The SMILES string of the molecule is C[SiH]CCC(F)(F)F. The lowest BCUT2D eigenvalue weighted by Crippen LogP contribution is -2.06. The number of hydrogen-bond acceptors (Lipinski definition) is 0. The van der Waals surface area contributed by atoms with Gasteiger partial charge in [0.2, 0.25) is 0 Å². The molecule has 0 amide bonds. The summed E-state index contributed by atoms with van der Waals surface area (Å²) in [5.74, 6) is 0. The molecule has 0 aliphatic rings. The number of rotatable bonds is 2. The maximum Gasteiger partial charge on any atom is 0.388 e. The Bertz CT molecular complexity index is 58.8. The molecule has 1 radical (unpaired) electrons. The molecule has 0 bridgehead atoms. The van der Waals surface area contributed by atoms with Gasteiger partial charge in [-0.2, -0.15) is 13.2 Å². The number of alkyl halides is 3. The summed E-state index contributed by atoms with van der Waals surface area (Å²) in [7, 11) is 0.0128. The van der Waals surface area contributed by atoms with E-state index in [1.807, 2.05) is 6.55 Å². The largest absolute Gasteiger partial charge is 0.388 e. The monoisotopic (exact) mass is 141 g/mol. The van der Waals surface area contributed by atoms with E-state index < -0.39 is 12.6 Å². The van der Waals surface area contributed by atoms with Crippen LogP contribution in [0.1, 0.15) is 6.42 Å². The fraction of sp³-hybridized carbons (Fsp3) is 1.00. The first kappa shape index (κ1) is 8.01. The summed E-state index contributed by atoms with van der Waals surface area (Å²) in [6.45, 7) is 1.83. The second kappa shape index (κ2) is 3.12. The number of halogens is 3. The summed E-state index contributed by atoms with van der Waals surface area (Å²) >= 11 is 0. The molecule has 0 aliphatic heterocycles. The molecule has 0 rings (SSSR count). The van der Waals surface area contributed by atoms with Gasteiger partial charge in [0, 0.05) is 15.9 Å². The Kier molecular flexibility index (Phi) is 3.12. The normalized spacial score (nSPS) is 12.0. The van der Waals surface area contributed by atoms with Gasteiger partial charge in [-0.25, -0.2) is 0 Å². The van der Waals surface area contributed by atoms with Gasteiger partial charge in [0.25, 0.3) is 0 Å². The zero-order chi connectivity index (χ0) is 6.62. The first-order valence-corrected chi connectivity index (χ1v) is 4.38. The van der Waals surface area contributed by atoms with Gasteiger partial charge in [0.1, 0.15) is 0 Å². The lowest BCUT2D eigenvalue weighted by atomic mass is 10.5. The number of hydrogen-bond donors (Lipinski definition) is 0. The predicted octanol–water partition coefficient (Wildman–Crippen LogP) is 1.84. The van der Waals surface area contributed by atoms with Crippen LogP contribution in [0.4, 0.5) is 13.2 Å². The van der Waals surface area contributed by atoms with Crippen molar-refractivity contribution in [2.24, 2.45) is 0 Å². The highest BCUT2D eigenvalue weighted by atomic mass is 28.2. The maximum atomic E-state index is 11.3. The summed E-state index contributed by atoms with van der Waals surface area (Å²) in [4.78, 5) is 0. The van der Waals surface area contributed by atoms with Crippen molar-refractivity contribution < 1.29 is 13.2 Å². The molecule has 49 valence electrons. The van der Waals surface area contributed by atoms with Crippen LogP contribution in [0.5, 0.6) is 0 Å². The molecule has 0 fully saturated rings. The van der Waals surface area contributed by atoms with E-state index in [4.69, 9.17) is 0 Å². The summed E-state index contributed by atoms with van der Waals surface area (Å²) in [5.41, 5.74) is 0. The van der Waals surface area contributed by atoms with Gasteiger partial charge >= 0.3 is 6.18 Å². The van der Waals surface area contributed by atoms with Crippen molar-refractivity contribution in [2.45, 2.75) is 25.2 Å². The van der Waals surface area contributed by atoms with Gasteiger partial charge in [-0.1, -0.05) is 12.6 Å². The molecular weight excluding hydrogens is 133 g/mol. The van der Waals surface area contributed by atoms with Crippen LogP contribution in [0.25, 0.3) is 0 Å². The Balaban J connectivity index is 3.11. The molecule has 0 unspecified atom stereocenters. The Labute approximate surface area is 48.9 Å². The molecule has 4 heteroatoms. The minimum absolute atomic E-state index is 0.0128. The molecule has 0 atom stereocenters. The van der Waals surface area contributed by atoms with Crippen LogP contribution in [0.2, 0.25) is 12.6 Å². The standard InChI is InChI=1S/C4H8F3Si/c1-8-3-2-4(5,6)7/h8H,2-3H2,1H3. The van der Waals surface area contributed by atoms with E-state index >= 15 is 0 Å². The van der Waals surface area contributed by atoms with Gasteiger partial charge in [0.05, 0.1) is 0 Å². The third kappa shape index (κ3) is 6.01. The van der Waals surface area contributed by atoms with E-state index in [-0.39, 0.29) is 9.52 Å².